The number of hydrogen-bond acceptors (Lipinski definition) is 5. The van der Waals surface area contributed by atoms with Crippen LogP contribution in [0.25, 0.3) is 0 Å². The van der Waals surface area contributed by atoms with E-state index >= 15 is 0 Å². The predicted octanol–water partition coefficient (Wildman–Crippen LogP) is 1.84. The maximum absolute atomic E-state index is 12.8. The number of rotatable bonds is 5. The molecular formula is C18H20N4O3S. The lowest BCUT2D eigenvalue weighted by Gasteiger charge is -2.22. The van der Waals surface area contributed by atoms with E-state index in [1.54, 1.807) is 13.1 Å². The van der Waals surface area contributed by atoms with E-state index in [0.717, 1.165) is 20.3 Å². The quantitative estimate of drug-likeness (QED) is 0.784. The number of imide groups is 1. The van der Waals surface area contributed by atoms with Gasteiger partial charge in [0, 0.05) is 11.1 Å². The molecule has 1 aliphatic heterocycles. The summed E-state index contributed by atoms with van der Waals surface area (Å²) in [6.45, 7) is 5.49. The number of aromatic nitrogens is 1. The Morgan fingerprint density at radius 1 is 1.27 bits per heavy atom. The normalized spacial score (nSPS) is 19.6. The zero-order valence-electron chi connectivity index (χ0n) is 14.8. The van der Waals surface area contributed by atoms with E-state index < -0.39 is 23.4 Å². The second-order valence-corrected chi connectivity index (χ2v) is 7.75. The van der Waals surface area contributed by atoms with Gasteiger partial charge in [0.05, 0.1) is 11.6 Å². The summed E-state index contributed by atoms with van der Waals surface area (Å²) in [5.41, 5.74) is 0.577. The van der Waals surface area contributed by atoms with Gasteiger partial charge >= 0.3 is 6.03 Å². The first kappa shape index (κ1) is 18.1. The lowest BCUT2D eigenvalue weighted by molar-refractivity contribution is -0.134. The van der Waals surface area contributed by atoms with E-state index in [0.29, 0.717) is 12.1 Å². The molecule has 0 aliphatic carbocycles. The van der Waals surface area contributed by atoms with Crippen molar-refractivity contribution in [2.24, 2.45) is 0 Å². The SMILES string of the molecule is Cc1ccc(C2(C)NC(=O)N(CC(=O)NCc3cnc(C)s3)C2=O)cc1. The topological polar surface area (TPSA) is 91.4 Å². The second-order valence-electron chi connectivity index (χ2n) is 6.43. The molecule has 2 N–H and O–H groups in total. The van der Waals surface area contributed by atoms with Gasteiger partial charge in [0.1, 0.15) is 12.1 Å². The number of urea groups is 1. The van der Waals surface area contributed by atoms with Crippen LogP contribution in [0.2, 0.25) is 0 Å². The molecular weight excluding hydrogens is 352 g/mol. The number of carbonyl (C=O) groups is 3. The fourth-order valence-electron chi connectivity index (χ4n) is 2.80. The van der Waals surface area contributed by atoms with Gasteiger partial charge in [0.15, 0.2) is 0 Å². The molecule has 4 amide bonds. The standard InChI is InChI=1S/C18H20N4O3S/c1-11-4-6-13(7-5-11)18(3)16(24)22(17(25)21-18)10-15(23)20-9-14-8-19-12(2)26-14/h4-8H,9-10H2,1-3H3,(H,20,23)(H,21,25). The molecule has 0 radical (unpaired) electrons. The van der Waals surface area contributed by atoms with Crippen LogP contribution in [0, 0.1) is 13.8 Å². The monoisotopic (exact) mass is 372 g/mol. The van der Waals surface area contributed by atoms with Gasteiger partial charge in [-0.25, -0.2) is 9.78 Å². The number of carbonyl (C=O) groups excluding carboxylic acids is 3. The maximum Gasteiger partial charge on any atom is 0.325 e. The summed E-state index contributed by atoms with van der Waals surface area (Å²) in [6, 6.07) is 6.81. The Morgan fingerprint density at radius 2 is 1.96 bits per heavy atom. The van der Waals surface area contributed by atoms with Crippen molar-refractivity contribution in [1.82, 2.24) is 20.5 Å². The first-order chi connectivity index (χ1) is 12.3. The molecule has 3 rings (SSSR count). The molecule has 2 heterocycles. The Hall–Kier alpha value is -2.74. The molecule has 8 heteroatoms. The molecule has 1 aromatic carbocycles. The lowest BCUT2D eigenvalue weighted by atomic mass is 9.91. The maximum atomic E-state index is 12.8. The first-order valence-corrected chi connectivity index (χ1v) is 9.00. The van der Waals surface area contributed by atoms with Crippen molar-refractivity contribution in [2.45, 2.75) is 32.9 Å². The molecule has 2 aromatic rings. The third-order valence-corrected chi connectivity index (χ3v) is 5.25. The van der Waals surface area contributed by atoms with Crippen LogP contribution in [0.15, 0.2) is 30.5 Å². The highest BCUT2D eigenvalue weighted by Gasteiger charge is 2.49. The molecule has 136 valence electrons. The number of nitrogens with zero attached hydrogens (tertiary/aromatic N) is 2. The van der Waals surface area contributed by atoms with Crippen molar-refractivity contribution >= 4 is 29.2 Å². The first-order valence-electron chi connectivity index (χ1n) is 8.19. The smallest absolute Gasteiger partial charge is 0.325 e. The Morgan fingerprint density at radius 3 is 2.58 bits per heavy atom. The minimum Gasteiger partial charge on any atom is -0.350 e. The van der Waals surface area contributed by atoms with E-state index in [1.165, 1.54) is 11.3 Å². The highest BCUT2D eigenvalue weighted by molar-refractivity contribution is 7.11. The molecule has 0 saturated carbocycles. The number of thiazole rings is 1. The highest BCUT2D eigenvalue weighted by Crippen LogP contribution is 2.28. The Labute approximate surface area is 155 Å². The van der Waals surface area contributed by atoms with Crippen molar-refractivity contribution in [3.8, 4) is 0 Å². The van der Waals surface area contributed by atoms with Crippen LogP contribution in [0.3, 0.4) is 0 Å². The number of amides is 4. The summed E-state index contributed by atoms with van der Waals surface area (Å²) in [5, 5.41) is 6.32. The molecule has 1 atom stereocenters. The summed E-state index contributed by atoms with van der Waals surface area (Å²) in [5.74, 6) is -0.831. The second kappa shape index (κ2) is 6.87. The zero-order valence-corrected chi connectivity index (χ0v) is 15.6. The van der Waals surface area contributed by atoms with Crippen LogP contribution in [0.1, 0.15) is 27.9 Å². The Bertz CT molecular complexity index is 862. The highest BCUT2D eigenvalue weighted by atomic mass is 32.1. The summed E-state index contributed by atoms with van der Waals surface area (Å²) < 4.78 is 0. The van der Waals surface area contributed by atoms with Crippen LogP contribution in [0.4, 0.5) is 4.79 Å². The Balaban J connectivity index is 1.66. The van der Waals surface area contributed by atoms with Gasteiger partial charge in [-0.2, -0.15) is 0 Å². The average Bonchev–Trinajstić information content (AvgIpc) is 3.11. The van der Waals surface area contributed by atoms with Gasteiger partial charge in [-0.1, -0.05) is 29.8 Å². The van der Waals surface area contributed by atoms with E-state index in [2.05, 4.69) is 15.6 Å². The number of nitrogens with one attached hydrogen (secondary N) is 2. The number of hydrogen-bond donors (Lipinski definition) is 2. The third kappa shape index (κ3) is 3.45. The minimum atomic E-state index is -1.17. The summed E-state index contributed by atoms with van der Waals surface area (Å²) in [6.07, 6.45) is 1.70. The molecule has 1 saturated heterocycles. The van der Waals surface area contributed by atoms with Crippen molar-refractivity contribution in [1.29, 1.82) is 0 Å². The van der Waals surface area contributed by atoms with Gasteiger partial charge in [-0.15, -0.1) is 11.3 Å². The van der Waals surface area contributed by atoms with Crippen LogP contribution < -0.4 is 10.6 Å². The fourth-order valence-corrected chi connectivity index (χ4v) is 3.53. The van der Waals surface area contributed by atoms with E-state index in [9.17, 15) is 14.4 Å². The lowest BCUT2D eigenvalue weighted by Crippen LogP contribution is -2.43. The van der Waals surface area contributed by atoms with E-state index in [-0.39, 0.29) is 6.54 Å². The van der Waals surface area contributed by atoms with Crippen LogP contribution in [-0.4, -0.2) is 34.3 Å². The van der Waals surface area contributed by atoms with E-state index in [1.807, 2.05) is 38.1 Å². The van der Waals surface area contributed by atoms with Gasteiger partial charge in [0.2, 0.25) is 5.91 Å². The third-order valence-electron chi connectivity index (χ3n) is 4.33. The van der Waals surface area contributed by atoms with Crippen LogP contribution >= 0.6 is 11.3 Å². The fraction of sp³-hybridized carbons (Fsp3) is 0.333. The number of aryl methyl sites for hydroxylation is 2. The number of benzene rings is 1. The van der Waals surface area contributed by atoms with Crippen molar-refractivity contribution in [3.05, 3.63) is 51.5 Å². The molecule has 0 spiro atoms. The Kier molecular flexibility index (Phi) is 4.78. The molecule has 26 heavy (non-hydrogen) atoms. The van der Waals surface area contributed by atoms with Crippen molar-refractivity contribution in [3.63, 3.8) is 0 Å². The average molecular weight is 372 g/mol. The zero-order chi connectivity index (χ0) is 18.9. The summed E-state index contributed by atoms with van der Waals surface area (Å²) in [7, 11) is 0. The molecule has 7 nitrogen and oxygen atoms in total. The molecule has 1 aromatic heterocycles. The van der Waals surface area contributed by atoms with Crippen molar-refractivity contribution < 1.29 is 14.4 Å². The van der Waals surface area contributed by atoms with E-state index in [4.69, 9.17) is 0 Å². The van der Waals surface area contributed by atoms with Gasteiger partial charge in [-0.05, 0) is 26.3 Å². The molecule has 1 fully saturated rings. The molecule has 0 bridgehead atoms. The van der Waals surface area contributed by atoms with Gasteiger partial charge < -0.3 is 10.6 Å². The van der Waals surface area contributed by atoms with Gasteiger partial charge in [-0.3, -0.25) is 14.5 Å². The largest absolute Gasteiger partial charge is 0.350 e. The molecule has 1 aliphatic rings. The molecule has 1 unspecified atom stereocenters. The minimum absolute atomic E-state index is 0.316. The van der Waals surface area contributed by atoms with Crippen LogP contribution in [-0.2, 0) is 21.7 Å². The predicted molar refractivity (Wildman–Crippen MR) is 97.5 cm³/mol. The van der Waals surface area contributed by atoms with Crippen LogP contribution in [0.5, 0.6) is 0 Å². The van der Waals surface area contributed by atoms with Gasteiger partial charge in [0.25, 0.3) is 5.91 Å². The van der Waals surface area contributed by atoms with Crippen molar-refractivity contribution in [2.75, 3.05) is 6.54 Å². The summed E-state index contributed by atoms with van der Waals surface area (Å²) >= 11 is 1.49. The summed E-state index contributed by atoms with van der Waals surface area (Å²) in [4.78, 5) is 43.2.